The maximum Gasteiger partial charge on any atom is 0.137 e. The van der Waals surface area contributed by atoms with Gasteiger partial charge >= 0.3 is 0 Å². The van der Waals surface area contributed by atoms with Gasteiger partial charge in [-0.3, -0.25) is 15.2 Å². The lowest BCUT2D eigenvalue weighted by atomic mass is 10.0. The molecule has 2 aliphatic rings. The van der Waals surface area contributed by atoms with Crippen molar-refractivity contribution in [1.29, 1.82) is 10.7 Å². The SMILES string of the molecule is CC(C)N1CCN(CCOc2ccc(-c3cnc(/C=C\C(=N)N4CCCC4c4cccc(F)c4)[nH]3)cc2C#N)CC1. The Balaban J connectivity index is 1.17. The molecule has 3 aromatic rings. The van der Waals surface area contributed by atoms with Crippen molar-refractivity contribution in [2.75, 3.05) is 45.9 Å². The number of amidine groups is 1. The van der Waals surface area contributed by atoms with Crippen molar-refractivity contribution in [3.63, 3.8) is 0 Å². The van der Waals surface area contributed by atoms with Gasteiger partial charge in [-0.05, 0) is 74.7 Å². The second-order valence-electron chi connectivity index (χ2n) is 10.9. The summed E-state index contributed by atoms with van der Waals surface area (Å²) in [5.41, 5.74) is 3.00. The molecule has 5 rings (SSSR count). The molecule has 2 saturated heterocycles. The van der Waals surface area contributed by atoms with E-state index in [9.17, 15) is 9.65 Å². The van der Waals surface area contributed by atoms with Crippen LogP contribution in [0.4, 0.5) is 4.39 Å². The van der Waals surface area contributed by atoms with Gasteiger partial charge < -0.3 is 14.6 Å². The minimum atomic E-state index is -0.255. The molecule has 9 heteroatoms. The normalized spacial score (nSPS) is 18.3. The topological polar surface area (TPSA) is 95.3 Å². The number of aromatic nitrogens is 2. The van der Waals surface area contributed by atoms with Crippen molar-refractivity contribution in [2.45, 2.75) is 38.8 Å². The number of nitrogens with one attached hydrogen (secondary N) is 2. The Labute approximate surface area is 241 Å². The highest BCUT2D eigenvalue weighted by Gasteiger charge is 2.27. The van der Waals surface area contributed by atoms with E-state index < -0.39 is 0 Å². The van der Waals surface area contributed by atoms with Crippen LogP contribution < -0.4 is 4.74 Å². The van der Waals surface area contributed by atoms with Crippen molar-refractivity contribution in [1.82, 2.24) is 24.7 Å². The number of imidazole rings is 1. The molecule has 0 radical (unpaired) electrons. The van der Waals surface area contributed by atoms with Crippen molar-refractivity contribution in [3.8, 4) is 23.1 Å². The summed E-state index contributed by atoms with van der Waals surface area (Å²) in [5, 5.41) is 18.4. The number of aromatic amines is 1. The Hall–Kier alpha value is -4.00. The minimum Gasteiger partial charge on any atom is -0.491 e. The Kier molecular flexibility index (Phi) is 9.12. The summed E-state index contributed by atoms with van der Waals surface area (Å²) in [4.78, 5) is 14.6. The van der Waals surface area contributed by atoms with Gasteiger partial charge in [-0.15, -0.1) is 0 Å². The fourth-order valence-electron chi connectivity index (χ4n) is 5.64. The van der Waals surface area contributed by atoms with E-state index in [1.54, 1.807) is 30.5 Å². The van der Waals surface area contributed by atoms with Gasteiger partial charge in [0.15, 0.2) is 0 Å². The molecule has 1 atom stereocenters. The lowest BCUT2D eigenvalue weighted by Gasteiger charge is -2.36. The lowest BCUT2D eigenvalue weighted by Crippen LogP contribution is -2.49. The molecule has 2 aromatic carbocycles. The van der Waals surface area contributed by atoms with E-state index in [4.69, 9.17) is 10.1 Å². The maximum atomic E-state index is 13.8. The highest BCUT2D eigenvalue weighted by Crippen LogP contribution is 2.32. The summed E-state index contributed by atoms with van der Waals surface area (Å²) in [5.74, 6) is 1.31. The maximum absolute atomic E-state index is 13.8. The first kappa shape index (κ1) is 28.5. The highest BCUT2D eigenvalue weighted by atomic mass is 19.1. The predicted octanol–water partition coefficient (Wildman–Crippen LogP) is 5.32. The zero-order valence-corrected chi connectivity index (χ0v) is 23.8. The van der Waals surface area contributed by atoms with Gasteiger partial charge in [-0.1, -0.05) is 12.1 Å². The minimum absolute atomic E-state index is 0.00441. The van der Waals surface area contributed by atoms with Crippen molar-refractivity contribution < 1.29 is 9.13 Å². The third-order valence-corrected chi connectivity index (χ3v) is 8.00. The molecule has 2 aliphatic heterocycles. The number of likely N-dealkylation sites (tertiary alicyclic amines) is 1. The second-order valence-corrected chi connectivity index (χ2v) is 10.9. The molecule has 8 nitrogen and oxygen atoms in total. The average molecular weight is 556 g/mol. The van der Waals surface area contributed by atoms with Gasteiger partial charge in [0.25, 0.3) is 0 Å². The average Bonchev–Trinajstić information content (AvgIpc) is 3.67. The van der Waals surface area contributed by atoms with Crippen LogP contribution in [0.3, 0.4) is 0 Å². The zero-order valence-electron chi connectivity index (χ0n) is 23.8. The molecule has 0 amide bonds. The smallest absolute Gasteiger partial charge is 0.137 e. The Bertz CT molecular complexity index is 1420. The molecule has 2 N–H and O–H groups in total. The molecule has 1 unspecified atom stereocenters. The Morgan fingerprint density at radius 1 is 1.20 bits per heavy atom. The van der Waals surface area contributed by atoms with E-state index in [1.807, 2.05) is 29.2 Å². The van der Waals surface area contributed by atoms with E-state index in [0.29, 0.717) is 35.6 Å². The van der Waals surface area contributed by atoms with Crippen LogP contribution in [0.15, 0.2) is 54.7 Å². The fourth-order valence-corrected chi connectivity index (χ4v) is 5.64. The highest BCUT2D eigenvalue weighted by molar-refractivity contribution is 5.94. The Morgan fingerprint density at radius 2 is 2.02 bits per heavy atom. The van der Waals surface area contributed by atoms with Crippen LogP contribution in [0.2, 0.25) is 0 Å². The van der Waals surface area contributed by atoms with E-state index in [2.05, 4.69) is 39.7 Å². The van der Waals surface area contributed by atoms with Gasteiger partial charge in [-0.2, -0.15) is 5.26 Å². The molecule has 1 aromatic heterocycles. The summed E-state index contributed by atoms with van der Waals surface area (Å²) in [7, 11) is 0. The number of halogens is 1. The largest absolute Gasteiger partial charge is 0.491 e. The van der Waals surface area contributed by atoms with Crippen LogP contribution in [0, 0.1) is 22.6 Å². The molecule has 214 valence electrons. The first-order valence-electron chi connectivity index (χ1n) is 14.4. The third-order valence-electron chi connectivity index (χ3n) is 8.00. The van der Waals surface area contributed by atoms with Crippen molar-refractivity contribution in [2.24, 2.45) is 0 Å². The quantitative estimate of drug-likeness (QED) is 0.274. The molecule has 2 fully saturated rings. The molecule has 3 heterocycles. The number of rotatable bonds is 9. The molecule has 41 heavy (non-hydrogen) atoms. The number of nitriles is 1. The summed E-state index contributed by atoms with van der Waals surface area (Å²) in [6.07, 6.45) is 7.07. The summed E-state index contributed by atoms with van der Waals surface area (Å²) in [6.45, 7) is 10.8. The van der Waals surface area contributed by atoms with E-state index in [1.165, 1.54) is 6.07 Å². The van der Waals surface area contributed by atoms with Crippen LogP contribution in [-0.4, -0.2) is 82.4 Å². The summed E-state index contributed by atoms with van der Waals surface area (Å²) < 4.78 is 19.8. The molecule has 0 bridgehead atoms. The van der Waals surface area contributed by atoms with Crippen LogP contribution >= 0.6 is 0 Å². The van der Waals surface area contributed by atoms with Crippen LogP contribution in [0.25, 0.3) is 17.3 Å². The fraction of sp³-hybridized carbons (Fsp3) is 0.406. The number of piperazine rings is 1. The lowest BCUT2D eigenvalue weighted by molar-refractivity contribution is 0.0971. The van der Waals surface area contributed by atoms with Gasteiger partial charge in [0.2, 0.25) is 0 Å². The monoisotopic (exact) mass is 555 g/mol. The van der Waals surface area contributed by atoms with Gasteiger partial charge in [0.05, 0.1) is 23.5 Å². The number of nitrogens with zero attached hydrogens (tertiary/aromatic N) is 5. The number of hydrogen-bond acceptors (Lipinski definition) is 6. The van der Waals surface area contributed by atoms with Crippen LogP contribution in [-0.2, 0) is 0 Å². The molecule has 0 aliphatic carbocycles. The third kappa shape index (κ3) is 7.02. The molecule has 0 spiro atoms. The summed E-state index contributed by atoms with van der Waals surface area (Å²) >= 11 is 0. The van der Waals surface area contributed by atoms with E-state index in [-0.39, 0.29) is 11.9 Å². The van der Waals surface area contributed by atoms with Crippen molar-refractivity contribution >= 4 is 11.9 Å². The number of ether oxygens (including phenoxy) is 1. The van der Waals surface area contributed by atoms with Crippen LogP contribution in [0.1, 0.15) is 49.7 Å². The zero-order chi connectivity index (χ0) is 28.8. The molecular weight excluding hydrogens is 517 g/mol. The standard InChI is InChI=1S/C32H38FN7O/c1-23(2)39-15-13-38(14-16-39)17-18-41-30-9-8-24(19-26(30)21-34)28-22-36-32(37-28)11-10-31(35)40-12-4-7-29(40)25-5-3-6-27(33)20-25/h3,5-6,8-11,19-20,22-23,29,35H,4,7,12-18H2,1-2H3,(H,36,37)/b11-10-,35-31?. The number of hydrogen-bond donors (Lipinski definition) is 2. The first-order valence-corrected chi connectivity index (χ1v) is 14.4. The number of H-pyrrole nitrogens is 1. The first-order chi connectivity index (χ1) is 19.9. The van der Waals surface area contributed by atoms with Gasteiger partial charge in [-0.25, -0.2) is 9.37 Å². The van der Waals surface area contributed by atoms with Crippen LogP contribution in [0.5, 0.6) is 5.75 Å². The van der Waals surface area contributed by atoms with Gasteiger partial charge in [0.1, 0.15) is 35.9 Å². The van der Waals surface area contributed by atoms with Crippen molar-refractivity contribution in [3.05, 3.63) is 77.5 Å². The summed E-state index contributed by atoms with van der Waals surface area (Å²) in [6, 6.07) is 15.1. The Morgan fingerprint density at radius 3 is 2.78 bits per heavy atom. The van der Waals surface area contributed by atoms with E-state index in [0.717, 1.165) is 68.9 Å². The molecular formula is C32H38FN7O. The number of benzene rings is 2. The second kappa shape index (κ2) is 13.1. The van der Waals surface area contributed by atoms with E-state index >= 15 is 0 Å². The molecule has 0 saturated carbocycles. The van der Waals surface area contributed by atoms with Gasteiger partial charge in [0, 0.05) is 50.9 Å². The predicted molar refractivity (Wildman–Crippen MR) is 159 cm³/mol.